The predicted octanol–water partition coefficient (Wildman–Crippen LogP) is 0.685. The molecule has 0 bridgehead atoms. The Morgan fingerprint density at radius 3 is 2.00 bits per heavy atom. The van der Waals surface area contributed by atoms with Crippen LogP contribution in [0, 0.1) is 6.92 Å². The highest BCUT2D eigenvalue weighted by atomic mass is 32.2. The van der Waals surface area contributed by atoms with Crippen LogP contribution in [0.4, 0.5) is 0 Å². The molecule has 2 saturated heterocycles. The van der Waals surface area contributed by atoms with Crippen molar-refractivity contribution in [3.05, 3.63) is 29.8 Å². The minimum atomic E-state index is -4.05. The number of methoxy groups -OCH3 is 4. The van der Waals surface area contributed by atoms with Gasteiger partial charge in [0.25, 0.3) is 0 Å². The maximum Gasteiger partial charge on any atom is 0.303 e. The van der Waals surface area contributed by atoms with E-state index in [9.17, 15) is 18.0 Å². The number of benzene rings is 1. The molecule has 1 aromatic carbocycles. The monoisotopic (exact) mass is 619 g/mol. The van der Waals surface area contributed by atoms with E-state index in [0.29, 0.717) is 0 Å². The number of esters is 2. The van der Waals surface area contributed by atoms with Crippen LogP contribution in [0.25, 0.3) is 0 Å². The number of rotatable bonds is 13. The Morgan fingerprint density at radius 2 is 1.45 bits per heavy atom. The molecular formula is C27H41NO13S. The molecular weight excluding hydrogens is 578 g/mol. The van der Waals surface area contributed by atoms with Gasteiger partial charge in [0.05, 0.1) is 17.5 Å². The van der Waals surface area contributed by atoms with Crippen LogP contribution in [-0.2, 0) is 62.2 Å². The average Bonchev–Trinajstić information content (AvgIpc) is 2.94. The number of aryl methyl sites for hydroxylation is 1. The summed E-state index contributed by atoms with van der Waals surface area (Å²) in [4.78, 5) is 23.6. The van der Waals surface area contributed by atoms with Gasteiger partial charge < -0.3 is 42.6 Å². The average molecular weight is 620 g/mol. The maximum absolute atomic E-state index is 13.3. The molecule has 2 fully saturated rings. The molecule has 2 aliphatic heterocycles. The first-order valence-electron chi connectivity index (χ1n) is 13.4. The Kier molecular flexibility index (Phi) is 12.6. The Bertz CT molecular complexity index is 1130. The summed E-state index contributed by atoms with van der Waals surface area (Å²) >= 11 is 0. The molecule has 0 amide bonds. The highest BCUT2D eigenvalue weighted by Gasteiger charge is 2.49. The molecule has 3 rings (SSSR count). The zero-order valence-corrected chi connectivity index (χ0v) is 25.7. The van der Waals surface area contributed by atoms with Crippen LogP contribution in [0.3, 0.4) is 0 Å². The van der Waals surface area contributed by atoms with Crippen molar-refractivity contribution in [3.8, 4) is 0 Å². The van der Waals surface area contributed by atoms with Crippen LogP contribution in [0.5, 0.6) is 0 Å². The number of carbonyl (C=O) groups is 2. The van der Waals surface area contributed by atoms with Crippen LogP contribution >= 0.6 is 0 Å². The van der Waals surface area contributed by atoms with Crippen LogP contribution in [0.15, 0.2) is 29.2 Å². The lowest BCUT2D eigenvalue weighted by atomic mass is 9.98. The Morgan fingerprint density at radius 1 is 0.833 bits per heavy atom. The minimum Gasteiger partial charge on any atom is -0.463 e. The second-order valence-corrected chi connectivity index (χ2v) is 11.7. The molecule has 0 saturated carbocycles. The second-order valence-electron chi connectivity index (χ2n) is 9.97. The molecule has 238 valence electrons. The fraction of sp³-hybridized carbons (Fsp3) is 0.704. The van der Waals surface area contributed by atoms with Crippen molar-refractivity contribution in [3.63, 3.8) is 0 Å². The van der Waals surface area contributed by atoms with Gasteiger partial charge >= 0.3 is 11.9 Å². The molecule has 2 aliphatic rings. The Hall–Kier alpha value is -2.21. The van der Waals surface area contributed by atoms with Gasteiger partial charge in [0, 0.05) is 48.7 Å². The van der Waals surface area contributed by atoms with Crippen molar-refractivity contribution in [2.75, 3.05) is 41.7 Å². The molecule has 15 heteroatoms. The predicted molar refractivity (Wildman–Crippen MR) is 145 cm³/mol. The van der Waals surface area contributed by atoms with Crippen molar-refractivity contribution < 1.29 is 60.6 Å². The Balaban J connectivity index is 1.85. The highest BCUT2D eigenvalue weighted by Crippen LogP contribution is 2.30. The van der Waals surface area contributed by atoms with Gasteiger partial charge in [-0.2, -0.15) is 0 Å². The normalized spacial score (nSPS) is 31.8. The SMILES string of the molecule is CO[C@H]1O[C@H](CO[C@@H]2C[C@H](NS(=O)(=O)c3ccc(C)cc3)[C@H](OC(C)=O)[C@@H](COC(C)=O)O2)[C@@H](OC)[C@H](OC)[C@H]1OC. The first kappa shape index (κ1) is 34.3. The topological polar surface area (TPSA) is 163 Å². The van der Waals surface area contributed by atoms with Gasteiger partial charge in [0.15, 0.2) is 12.6 Å². The highest BCUT2D eigenvalue weighted by molar-refractivity contribution is 7.89. The largest absolute Gasteiger partial charge is 0.463 e. The summed E-state index contributed by atoms with van der Waals surface area (Å²) in [6.45, 7) is 3.85. The lowest BCUT2D eigenvalue weighted by Crippen LogP contribution is -2.62. The molecule has 42 heavy (non-hydrogen) atoms. The number of ether oxygens (including phenoxy) is 9. The zero-order chi connectivity index (χ0) is 31.0. The third kappa shape index (κ3) is 8.67. The molecule has 9 atom stereocenters. The van der Waals surface area contributed by atoms with Crippen LogP contribution in [0.2, 0.25) is 0 Å². The maximum atomic E-state index is 13.3. The van der Waals surface area contributed by atoms with E-state index in [1.165, 1.54) is 54.4 Å². The van der Waals surface area contributed by atoms with Gasteiger partial charge in [0.1, 0.15) is 43.2 Å². The smallest absolute Gasteiger partial charge is 0.303 e. The molecule has 0 radical (unpaired) electrons. The summed E-state index contributed by atoms with van der Waals surface area (Å²) in [5, 5.41) is 0. The van der Waals surface area contributed by atoms with Gasteiger partial charge in [0.2, 0.25) is 10.0 Å². The summed E-state index contributed by atoms with van der Waals surface area (Å²) in [5.41, 5.74) is 0.884. The standard InChI is InChI=1S/C27H41NO13S/c1-15-8-10-18(11-9-15)42(31,32)28-19-12-22(40-20(13-37-16(2)29)23(19)39-17(3)30)38-14-21-24(33-4)25(34-5)26(35-6)27(36-7)41-21/h8-11,19-28H,12-14H2,1-7H3/t19-,20+,21+,22-,23-,24+,25-,26+,27-/m0/s1. The quantitative estimate of drug-likeness (QED) is 0.307. The van der Waals surface area contributed by atoms with E-state index < -0.39 is 77.2 Å². The molecule has 14 nitrogen and oxygen atoms in total. The van der Waals surface area contributed by atoms with Crippen LogP contribution in [0.1, 0.15) is 25.8 Å². The van der Waals surface area contributed by atoms with Crippen molar-refractivity contribution in [2.45, 2.75) is 87.3 Å². The van der Waals surface area contributed by atoms with E-state index >= 15 is 0 Å². The van der Waals surface area contributed by atoms with Crippen LogP contribution in [-0.4, -0.2) is 117 Å². The fourth-order valence-electron chi connectivity index (χ4n) is 5.02. The van der Waals surface area contributed by atoms with E-state index in [2.05, 4.69) is 4.72 Å². The molecule has 0 unspecified atom stereocenters. The lowest BCUT2D eigenvalue weighted by Gasteiger charge is -2.45. The van der Waals surface area contributed by atoms with E-state index in [1.807, 2.05) is 6.92 Å². The first-order valence-corrected chi connectivity index (χ1v) is 14.9. The fourth-order valence-corrected chi connectivity index (χ4v) is 6.28. The summed E-state index contributed by atoms with van der Waals surface area (Å²) < 4.78 is 80.2. The Labute approximate surface area is 246 Å². The minimum absolute atomic E-state index is 0.0256. The summed E-state index contributed by atoms with van der Waals surface area (Å²) in [5.74, 6) is -1.26. The van der Waals surface area contributed by atoms with Crippen molar-refractivity contribution in [1.29, 1.82) is 0 Å². The van der Waals surface area contributed by atoms with E-state index in [4.69, 9.17) is 42.6 Å². The van der Waals surface area contributed by atoms with Crippen molar-refractivity contribution >= 4 is 22.0 Å². The number of sulfonamides is 1. The summed E-state index contributed by atoms with van der Waals surface area (Å²) in [7, 11) is 1.94. The van der Waals surface area contributed by atoms with Gasteiger partial charge in [-0.3, -0.25) is 9.59 Å². The third-order valence-electron chi connectivity index (χ3n) is 7.01. The molecule has 0 aliphatic carbocycles. The number of carbonyl (C=O) groups excluding carboxylic acids is 2. The summed E-state index contributed by atoms with van der Waals surface area (Å²) in [6, 6.07) is 5.28. The third-order valence-corrected chi connectivity index (χ3v) is 8.52. The zero-order valence-electron chi connectivity index (χ0n) is 24.8. The van der Waals surface area contributed by atoms with Crippen molar-refractivity contribution in [1.82, 2.24) is 4.72 Å². The molecule has 1 N–H and O–H groups in total. The lowest BCUT2D eigenvalue weighted by molar-refractivity contribution is -0.319. The first-order chi connectivity index (χ1) is 19.9. The number of hydrogen-bond donors (Lipinski definition) is 1. The van der Waals surface area contributed by atoms with E-state index in [0.717, 1.165) is 5.56 Å². The molecule has 2 heterocycles. The van der Waals surface area contributed by atoms with Gasteiger partial charge in [-0.15, -0.1) is 0 Å². The van der Waals surface area contributed by atoms with Gasteiger partial charge in [-0.25, -0.2) is 13.1 Å². The number of nitrogens with one attached hydrogen (secondary N) is 1. The molecule has 1 aromatic rings. The number of hydrogen-bond acceptors (Lipinski definition) is 13. The molecule has 0 aromatic heterocycles. The van der Waals surface area contributed by atoms with E-state index in [-0.39, 0.29) is 24.5 Å². The molecule has 0 spiro atoms. The second kappa shape index (κ2) is 15.5. The van der Waals surface area contributed by atoms with Crippen molar-refractivity contribution in [2.24, 2.45) is 0 Å². The van der Waals surface area contributed by atoms with Crippen LogP contribution < -0.4 is 4.72 Å². The van der Waals surface area contributed by atoms with Gasteiger partial charge in [-0.1, -0.05) is 17.7 Å². The van der Waals surface area contributed by atoms with Gasteiger partial charge in [-0.05, 0) is 19.1 Å². The summed E-state index contributed by atoms with van der Waals surface area (Å²) in [6.07, 6.45) is -6.48. The van der Waals surface area contributed by atoms with E-state index in [1.54, 1.807) is 12.1 Å².